The minimum Gasteiger partial charge on any atom is -0.492 e. The monoisotopic (exact) mass is 476 g/mol. The van der Waals surface area contributed by atoms with Crippen LogP contribution in [0.1, 0.15) is 27.7 Å². The summed E-state index contributed by atoms with van der Waals surface area (Å²) >= 11 is 7.71. The summed E-state index contributed by atoms with van der Waals surface area (Å²) in [4.78, 5) is 14.2. The van der Waals surface area contributed by atoms with Gasteiger partial charge in [-0.15, -0.1) is 11.3 Å². The molecule has 1 N–H and O–H groups in total. The minimum absolute atomic E-state index is 0.0926. The first-order chi connectivity index (χ1) is 14.9. The van der Waals surface area contributed by atoms with Gasteiger partial charge in [-0.2, -0.15) is 4.31 Å². The Kier molecular flexibility index (Phi) is 6.34. The van der Waals surface area contributed by atoms with Crippen LogP contribution < -0.4 is 10.1 Å². The highest BCUT2D eigenvalue weighted by Crippen LogP contribution is 2.30. The molecule has 0 spiro atoms. The van der Waals surface area contributed by atoms with E-state index < -0.39 is 15.9 Å². The largest absolute Gasteiger partial charge is 0.492 e. The Hall–Kier alpha value is -2.39. The molecule has 0 atom stereocenters. The fourth-order valence-electron chi connectivity index (χ4n) is 3.45. The Morgan fingerprint density at radius 3 is 2.87 bits per heavy atom. The molecule has 2 heterocycles. The standard InChI is InChI=1S/C22H21ClN2O4S2/c1-2-29-20-7-6-17(23)13-19(20)24-22(26)15-4-3-5-18(12-15)31(27,28)25-10-8-21-16(14-25)9-11-30-21/h3-7,9,11-13H,2,8,10,14H2,1H3,(H,24,26). The van der Waals surface area contributed by atoms with Gasteiger partial charge in [0.1, 0.15) is 5.75 Å². The van der Waals surface area contributed by atoms with E-state index in [2.05, 4.69) is 5.32 Å². The average molecular weight is 477 g/mol. The van der Waals surface area contributed by atoms with Crippen LogP contribution in [0.3, 0.4) is 0 Å². The van der Waals surface area contributed by atoms with Gasteiger partial charge in [-0.1, -0.05) is 17.7 Å². The normalized spacial score (nSPS) is 14.1. The van der Waals surface area contributed by atoms with Gasteiger partial charge in [0, 0.05) is 28.6 Å². The van der Waals surface area contributed by atoms with Crippen LogP contribution in [0.5, 0.6) is 5.75 Å². The molecule has 0 fully saturated rings. The van der Waals surface area contributed by atoms with E-state index in [-0.39, 0.29) is 10.5 Å². The lowest BCUT2D eigenvalue weighted by atomic mass is 10.1. The number of fused-ring (bicyclic) bond motifs is 1. The number of ether oxygens (including phenoxy) is 1. The highest BCUT2D eigenvalue weighted by Gasteiger charge is 2.29. The molecule has 1 aromatic heterocycles. The van der Waals surface area contributed by atoms with E-state index in [1.165, 1.54) is 21.3 Å². The molecule has 4 rings (SSSR count). The number of thiophene rings is 1. The summed E-state index contributed by atoms with van der Waals surface area (Å²) < 4.78 is 33.4. The number of hydrogen-bond acceptors (Lipinski definition) is 5. The van der Waals surface area contributed by atoms with E-state index in [0.29, 0.717) is 42.6 Å². The molecule has 31 heavy (non-hydrogen) atoms. The van der Waals surface area contributed by atoms with Crippen molar-refractivity contribution < 1.29 is 17.9 Å². The summed E-state index contributed by atoms with van der Waals surface area (Å²) in [7, 11) is -3.72. The Balaban J connectivity index is 1.57. The maximum atomic E-state index is 13.2. The molecule has 0 unspecified atom stereocenters. The van der Waals surface area contributed by atoms with Crippen molar-refractivity contribution in [2.75, 3.05) is 18.5 Å². The van der Waals surface area contributed by atoms with Crippen LogP contribution in [0, 0.1) is 0 Å². The number of carbonyl (C=O) groups is 1. The van der Waals surface area contributed by atoms with Gasteiger partial charge in [-0.3, -0.25) is 4.79 Å². The topological polar surface area (TPSA) is 75.7 Å². The predicted molar refractivity (Wildman–Crippen MR) is 123 cm³/mol. The molecule has 1 aliphatic heterocycles. The number of sulfonamides is 1. The van der Waals surface area contributed by atoms with Crippen LogP contribution in [0.2, 0.25) is 5.02 Å². The first-order valence-corrected chi connectivity index (χ1v) is 12.5. The highest BCUT2D eigenvalue weighted by atomic mass is 35.5. The Labute approximate surface area is 190 Å². The molecule has 2 aromatic carbocycles. The molecular weight excluding hydrogens is 456 g/mol. The number of nitrogens with one attached hydrogen (secondary N) is 1. The summed E-state index contributed by atoms with van der Waals surface area (Å²) in [6.45, 7) is 3.04. The number of carbonyl (C=O) groups excluding carboxylic acids is 1. The quantitative estimate of drug-likeness (QED) is 0.554. The first kappa shape index (κ1) is 21.8. The van der Waals surface area contributed by atoms with E-state index in [1.807, 2.05) is 18.4 Å². The van der Waals surface area contributed by atoms with Crippen LogP contribution in [0.25, 0.3) is 0 Å². The van der Waals surface area contributed by atoms with Gasteiger partial charge in [0.05, 0.1) is 17.2 Å². The van der Waals surface area contributed by atoms with Gasteiger partial charge in [0.15, 0.2) is 0 Å². The predicted octanol–water partition coefficient (Wildman–Crippen LogP) is 4.80. The van der Waals surface area contributed by atoms with Gasteiger partial charge in [0.25, 0.3) is 5.91 Å². The van der Waals surface area contributed by atoms with E-state index in [9.17, 15) is 13.2 Å². The Morgan fingerprint density at radius 1 is 1.23 bits per heavy atom. The Bertz CT molecular complexity index is 1220. The molecule has 0 saturated carbocycles. The van der Waals surface area contributed by atoms with E-state index in [1.54, 1.807) is 41.7 Å². The third kappa shape index (κ3) is 4.62. The van der Waals surface area contributed by atoms with E-state index in [4.69, 9.17) is 16.3 Å². The zero-order valence-corrected chi connectivity index (χ0v) is 19.2. The lowest BCUT2D eigenvalue weighted by molar-refractivity contribution is 0.102. The highest BCUT2D eigenvalue weighted by molar-refractivity contribution is 7.89. The van der Waals surface area contributed by atoms with Gasteiger partial charge in [-0.05, 0) is 66.8 Å². The van der Waals surface area contributed by atoms with Gasteiger partial charge < -0.3 is 10.1 Å². The SMILES string of the molecule is CCOc1ccc(Cl)cc1NC(=O)c1cccc(S(=O)(=O)N2CCc3sccc3C2)c1. The van der Waals surface area contributed by atoms with Crippen molar-refractivity contribution in [1.29, 1.82) is 0 Å². The number of hydrogen-bond donors (Lipinski definition) is 1. The van der Waals surface area contributed by atoms with Crippen molar-refractivity contribution in [2.24, 2.45) is 0 Å². The maximum Gasteiger partial charge on any atom is 0.255 e. The number of anilines is 1. The summed E-state index contributed by atoms with van der Waals surface area (Å²) in [5.74, 6) is 0.0444. The summed E-state index contributed by atoms with van der Waals surface area (Å²) in [5.41, 5.74) is 1.70. The molecule has 0 aliphatic carbocycles. The smallest absolute Gasteiger partial charge is 0.255 e. The lowest BCUT2D eigenvalue weighted by Crippen LogP contribution is -2.35. The van der Waals surface area contributed by atoms with Gasteiger partial charge >= 0.3 is 0 Å². The zero-order chi connectivity index (χ0) is 22.0. The van der Waals surface area contributed by atoms with Crippen molar-refractivity contribution in [3.8, 4) is 5.75 Å². The minimum atomic E-state index is -3.72. The molecular formula is C22H21ClN2O4S2. The molecule has 3 aromatic rings. The third-order valence-electron chi connectivity index (χ3n) is 5.00. The van der Waals surface area contributed by atoms with Crippen LogP contribution in [0.4, 0.5) is 5.69 Å². The van der Waals surface area contributed by atoms with E-state index in [0.717, 1.165) is 5.56 Å². The van der Waals surface area contributed by atoms with Crippen molar-refractivity contribution in [2.45, 2.75) is 24.8 Å². The van der Waals surface area contributed by atoms with Crippen molar-refractivity contribution >= 4 is 44.6 Å². The molecule has 0 bridgehead atoms. The lowest BCUT2D eigenvalue weighted by Gasteiger charge is -2.26. The fraction of sp³-hybridized carbons (Fsp3) is 0.227. The van der Waals surface area contributed by atoms with Crippen molar-refractivity contribution in [1.82, 2.24) is 4.31 Å². The van der Waals surface area contributed by atoms with Crippen molar-refractivity contribution in [3.05, 3.63) is 74.9 Å². The number of nitrogens with zero attached hydrogens (tertiary/aromatic N) is 1. The number of halogens is 1. The van der Waals surface area contributed by atoms with Crippen LogP contribution >= 0.6 is 22.9 Å². The molecule has 162 valence electrons. The summed E-state index contributed by atoms with van der Waals surface area (Å²) in [5, 5.41) is 5.20. The fourth-order valence-corrected chi connectivity index (χ4v) is 5.98. The molecule has 1 amide bonds. The molecule has 1 aliphatic rings. The molecule has 9 heteroatoms. The van der Waals surface area contributed by atoms with E-state index >= 15 is 0 Å². The number of amides is 1. The van der Waals surface area contributed by atoms with Gasteiger partial charge in [-0.25, -0.2) is 8.42 Å². The van der Waals surface area contributed by atoms with Gasteiger partial charge in [0.2, 0.25) is 10.0 Å². The first-order valence-electron chi connectivity index (χ1n) is 9.77. The van der Waals surface area contributed by atoms with Crippen LogP contribution in [-0.2, 0) is 23.0 Å². The second-order valence-corrected chi connectivity index (χ2v) is 10.4. The molecule has 6 nitrogen and oxygen atoms in total. The van der Waals surface area contributed by atoms with Crippen LogP contribution in [-0.4, -0.2) is 31.8 Å². The maximum absolute atomic E-state index is 13.2. The number of rotatable bonds is 6. The zero-order valence-electron chi connectivity index (χ0n) is 16.8. The Morgan fingerprint density at radius 2 is 2.06 bits per heavy atom. The number of benzene rings is 2. The third-order valence-corrected chi connectivity index (χ3v) is 8.10. The molecule has 0 radical (unpaired) electrons. The second-order valence-electron chi connectivity index (χ2n) is 7.01. The van der Waals surface area contributed by atoms with Crippen molar-refractivity contribution in [3.63, 3.8) is 0 Å². The van der Waals surface area contributed by atoms with Crippen LogP contribution in [0.15, 0.2) is 58.8 Å². The summed E-state index contributed by atoms with van der Waals surface area (Å²) in [6, 6.07) is 13.0. The average Bonchev–Trinajstić information content (AvgIpc) is 3.24. The second kappa shape index (κ2) is 9.00. The molecule has 0 saturated heterocycles. The summed E-state index contributed by atoms with van der Waals surface area (Å²) in [6.07, 6.45) is 0.696.